The third kappa shape index (κ3) is 4.43. The van der Waals surface area contributed by atoms with Gasteiger partial charge in [0.15, 0.2) is 0 Å². The lowest BCUT2D eigenvalue weighted by molar-refractivity contribution is 0.494. The maximum Gasteiger partial charge on any atom is 0.236 e. The fraction of sp³-hybridized carbons (Fsp3) is 0.778. The van der Waals surface area contributed by atoms with Crippen LogP contribution in [0.1, 0.15) is 41.0 Å². The van der Waals surface area contributed by atoms with Gasteiger partial charge in [0, 0.05) is 5.54 Å². The molecule has 0 radical (unpaired) electrons. The molecule has 0 fully saturated rings. The molecule has 0 atom stereocenters. The van der Waals surface area contributed by atoms with E-state index in [-0.39, 0.29) is 0 Å². The molecule has 4 heteroatoms. The molecule has 0 saturated heterocycles. The fourth-order valence-corrected chi connectivity index (χ4v) is 2.65. The molecule has 0 aromatic carbocycles. The highest BCUT2D eigenvalue weighted by atomic mass is 32.2. The van der Waals surface area contributed by atoms with Gasteiger partial charge >= 0.3 is 0 Å². The van der Waals surface area contributed by atoms with Gasteiger partial charge in [0.05, 0.1) is 4.91 Å². The first-order valence-corrected chi connectivity index (χ1v) is 5.90. The van der Waals surface area contributed by atoms with Crippen LogP contribution in [0.4, 0.5) is 0 Å². The number of rotatable bonds is 3. The Balaban J connectivity index is 4.80. The minimum atomic E-state index is -3.27. The van der Waals surface area contributed by atoms with Crippen LogP contribution in [0, 0.1) is 0 Å². The van der Waals surface area contributed by atoms with Gasteiger partial charge in [-0.3, -0.25) is 0 Å². The third-order valence-corrected chi connectivity index (χ3v) is 3.55. The summed E-state index contributed by atoms with van der Waals surface area (Å²) in [7, 11) is -3.27. The molecule has 0 unspecified atom stereocenters. The molecule has 0 amide bonds. The Morgan fingerprint density at radius 3 is 2.08 bits per heavy atom. The standard InChI is InChI=1S/C9H19NO2S/c1-6-8(7-2)13(11,12)10-9(3,4)5/h6,10H,7H2,1-5H3/b8-6+. The predicted octanol–water partition coefficient (Wildman–Crippen LogP) is 2.02. The van der Waals surface area contributed by atoms with E-state index >= 15 is 0 Å². The first-order valence-electron chi connectivity index (χ1n) is 4.42. The van der Waals surface area contributed by atoms with Gasteiger partial charge in [0.1, 0.15) is 0 Å². The molecule has 0 spiro atoms. The molecule has 78 valence electrons. The highest BCUT2D eigenvalue weighted by Gasteiger charge is 2.22. The van der Waals surface area contributed by atoms with E-state index in [2.05, 4.69) is 4.72 Å². The molecule has 0 aliphatic carbocycles. The predicted molar refractivity (Wildman–Crippen MR) is 55.9 cm³/mol. The topological polar surface area (TPSA) is 46.2 Å². The molecule has 0 saturated carbocycles. The van der Waals surface area contributed by atoms with E-state index in [9.17, 15) is 8.42 Å². The average Bonchev–Trinajstić information content (AvgIpc) is 1.83. The van der Waals surface area contributed by atoms with Gasteiger partial charge in [-0.15, -0.1) is 0 Å². The second-order valence-corrected chi connectivity index (χ2v) is 5.70. The Morgan fingerprint density at radius 1 is 1.38 bits per heavy atom. The summed E-state index contributed by atoms with van der Waals surface area (Å²) in [6.07, 6.45) is 2.16. The molecular formula is C9H19NO2S. The maximum absolute atomic E-state index is 11.6. The van der Waals surface area contributed by atoms with Gasteiger partial charge < -0.3 is 0 Å². The summed E-state index contributed by atoms with van der Waals surface area (Å²) in [6, 6.07) is 0. The van der Waals surface area contributed by atoms with Crippen LogP contribution >= 0.6 is 0 Å². The summed E-state index contributed by atoms with van der Waals surface area (Å²) in [6.45, 7) is 9.05. The number of allylic oxidation sites excluding steroid dienone is 2. The van der Waals surface area contributed by atoms with E-state index in [0.717, 1.165) is 0 Å². The van der Waals surface area contributed by atoms with E-state index < -0.39 is 15.6 Å². The van der Waals surface area contributed by atoms with Gasteiger partial charge in [0.25, 0.3) is 0 Å². The lowest BCUT2D eigenvalue weighted by Crippen LogP contribution is -2.40. The average molecular weight is 205 g/mol. The first kappa shape index (κ1) is 12.7. The maximum atomic E-state index is 11.6. The van der Waals surface area contributed by atoms with E-state index in [1.165, 1.54) is 0 Å². The minimum Gasteiger partial charge on any atom is -0.207 e. The summed E-state index contributed by atoms with van der Waals surface area (Å²) < 4.78 is 25.9. The van der Waals surface area contributed by atoms with Crippen LogP contribution in [0.3, 0.4) is 0 Å². The summed E-state index contributed by atoms with van der Waals surface area (Å²) >= 11 is 0. The van der Waals surface area contributed by atoms with Crippen LogP contribution in [-0.4, -0.2) is 14.0 Å². The Kier molecular flexibility index (Phi) is 4.13. The minimum absolute atomic E-state index is 0.414. The van der Waals surface area contributed by atoms with Crippen LogP contribution in [0.25, 0.3) is 0 Å². The van der Waals surface area contributed by atoms with Crippen molar-refractivity contribution in [1.29, 1.82) is 0 Å². The van der Waals surface area contributed by atoms with Crippen LogP contribution in [0.5, 0.6) is 0 Å². The van der Waals surface area contributed by atoms with E-state index in [1.54, 1.807) is 13.0 Å². The molecule has 0 aromatic rings. The van der Waals surface area contributed by atoms with Crippen LogP contribution in [-0.2, 0) is 10.0 Å². The van der Waals surface area contributed by atoms with Crippen molar-refractivity contribution in [2.45, 2.75) is 46.6 Å². The highest BCUT2D eigenvalue weighted by Crippen LogP contribution is 2.12. The van der Waals surface area contributed by atoms with E-state index in [4.69, 9.17) is 0 Å². The normalized spacial score (nSPS) is 14.7. The molecule has 13 heavy (non-hydrogen) atoms. The van der Waals surface area contributed by atoms with Gasteiger partial charge in [-0.25, -0.2) is 13.1 Å². The molecule has 0 aliphatic rings. The quantitative estimate of drug-likeness (QED) is 0.766. The van der Waals surface area contributed by atoms with Crippen molar-refractivity contribution < 1.29 is 8.42 Å². The van der Waals surface area contributed by atoms with E-state index in [1.807, 2.05) is 27.7 Å². The van der Waals surface area contributed by atoms with E-state index in [0.29, 0.717) is 11.3 Å². The van der Waals surface area contributed by atoms with Crippen molar-refractivity contribution in [2.24, 2.45) is 0 Å². The molecule has 1 N–H and O–H groups in total. The SMILES string of the molecule is C/C=C(\CC)S(=O)(=O)NC(C)(C)C. The Morgan fingerprint density at radius 2 is 1.85 bits per heavy atom. The summed E-state index contributed by atoms with van der Waals surface area (Å²) in [5.74, 6) is 0. The summed E-state index contributed by atoms with van der Waals surface area (Å²) in [5, 5.41) is 0. The molecule has 0 bridgehead atoms. The molecular weight excluding hydrogens is 186 g/mol. The van der Waals surface area contributed by atoms with Crippen LogP contribution < -0.4 is 4.72 Å². The molecule has 3 nitrogen and oxygen atoms in total. The highest BCUT2D eigenvalue weighted by molar-refractivity contribution is 7.93. The van der Waals surface area contributed by atoms with Crippen molar-refractivity contribution >= 4 is 10.0 Å². The van der Waals surface area contributed by atoms with Gasteiger partial charge in [-0.1, -0.05) is 13.0 Å². The molecule has 0 aliphatic heterocycles. The van der Waals surface area contributed by atoms with Gasteiger partial charge in [-0.2, -0.15) is 0 Å². The van der Waals surface area contributed by atoms with Crippen molar-refractivity contribution in [3.63, 3.8) is 0 Å². The Hall–Kier alpha value is -0.350. The number of nitrogens with one attached hydrogen (secondary N) is 1. The van der Waals surface area contributed by atoms with Crippen LogP contribution in [0.15, 0.2) is 11.0 Å². The smallest absolute Gasteiger partial charge is 0.207 e. The van der Waals surface area contributed by atoms with Crippen molar-refractivity contribution in [1.82, 2.24) is 4.72 Å². The molecule has 0 rings (SSSR count). The molecule has 0 aromatic heterocycles. The number of sulfonamides is 1. The molecule has 0 heterocycles. The van der Waals surface area contributed by atoms with Crippen molar-refractivity contribution in [3.05, 3.63) is 11.0 Å². The number of hydrogen-bond donors (Lipinski definition) is 1. The largest absolute Gasteiger partial charge is 0.236 e. The van der Waals surface area contributed by atoms with Crippen molar-refractivity contribution in [2.75, 3.05) is 0 Å². The lowest BCUT2D eigenvalue weighted by Gasteiger charge is -2.21. The Bertz CT molecular complexity index is 283. The number of hydrogen-bond acceptors (Lipinski definition) is 2. The third-order valence-electron chi connectivity index (χ3n) is 1.46. The summed E-state index contributed by atoms with van der Waals surface area (Å²) in [5.41, 5.74) is -0.414. The fourth-order valence-electron chi connectivity index (χ4n) is 1.02. The monoisotopic (exact) mass is 205 g/mol. The second kappa shape index (κ2) is 4.24. The first-order chi connectivity index (χ1) is 5.73. The van der Waals surface area contributed by atoms with Crippen LogP contribution in [0.2, 0.25) is 0 Å². The Labute approximate surface area is 81.3 Å². The zero-order valence-corrected chi connectivity index (χ0v) is 9.83. The summed E-state index contributed by atoms with van der Waals surface area (Å²) in [4.78, 5) is 0.447. The lowest BCUT2D eigenvalue weighted by atomic mass is 10.1. The van der Waals surface area contributed by atoms with Crippen molar-refractivity contribution in [3.8, 4) is 0 Å². The zero-order chi connectivity index (χ0) is 10.7. The zero-order valence-electron chi connectivity index (χ0n) is 9.01. The van der Waals surface area contributed by atoms with Gasteiger partial charge in [-0.05, 0) is 34.1 Å². The second-order valence-electron chi connectivity index (χ2n) is 3.96. The van der Waals surface area contributed by atoms with Gasteiger partial charge in [0.2, 0.25) is 10.0 Å².